The standard InChI is InChI=1S/C13H23BF3N2O2.K/c1-4-10(5-2)21-12-7-9(14(15,16)17)6-11(18)13(12)19-8(3)20;/h7,10-13H,4-6,18H2,1-3H3,(H,19,20);/q-1;+1/t11-,12+,13+;/m0./s1. The molecule has 3 atom stereocenters. The third kappa shape index (κ3) is 6.62. The summed E-state index contributed by atoms with van der Waals surface area (Å²) < 4.78 is 44.7. The quantitative estimate of drug-likeness (QED) is 0.614. The number of halogens is 3. The van der Waals surface area contributed by atoms with Crippen LogP contribution < -0.4 is 62.4 Å². The molecule has 0 saturated heterocycles. The van der Waals surface area contributed by atoms with E-state index in [2.05, 4.69) is 5.32 Å². The minimum atomic E-state index is -5.08. The van der Waals surface area contributed by atoms with E-state index in [0.29, 0.717) is 12.8 Å². The maximum absolute atomic E-state index is 13.0. The predicted octanol–water partition coefficient (Wildman–Crippen LogP) is -0.887. The van der Waals surface area contributed by atoms with Crippen molar-refractivity contribution in [1.29, 1.82) is 0 Å². The molecule has 0 radical (unpaired) electrons. The minimum Gasteiger partial charge on any atom is -0.445 e. The monoisotopic (exact) mass is 346 g/mol. The van der Waals surface area contributed by atoms with Crippen LogP contribution in [0.1, 0.15) is 40.0 Å². The van der Waals surface area contributed by atoms with Gasteiger partial charge in [-0.3, -0.25) is 4.79 Å². The van der Waals surface area contributed by atoms with Crippen molar-refractivity contribution in [3.05, 3.63) is 11.5 Å². The van der Waals surface area contributed by atoms with Gasteiger partial charge in [-0.15, -0.1) is 5.47 Å². The average molecular weight is 346 g/mol. The van der Waals surface area contributed by atoms with Crippen LogP contribution in [0.5, 0.6) is 0 Å². The number of hydrogen-bond acceptors (Lipinski definition) is 3. The fourth-order valence-electron chi connectivity index (χ4n) is 2.52. The smallest absolute Gasteiger partial charge is 0.445 e. The molecule has 0 aromatic heterocycles. The van der Waals surface area contributed by atoms with Gasteiger partial charge in [-0.05, 0) is 19.3 Å². The molecular formula is C13H23BF3KN2O2. The molecule has 122 valence electrons. The summed E-state index contributed by atoms with van der Waals surface area (Å²) >= 11 is 0. The van der Waals surface area contributed by atoms with Crippen LogP contribution >= 0.6 is 0 Å². The van der Waals surface area contributed by atoms with Crippen molar-refractivity contribution >= 4 is 12.9 Å². The van der Waals surface area contributed by atoms with Crippen molar-refractivity contribution in [3.63, 3.8) is 0 Å². The molecule has 0 fully saturated rings. The summed E-state index contributed by atoms with van der Waals surface area (Å²) in [6.07, 6.45) is 1.17. The Kier molecular flexibility index (Phi) is 10.1. The topological polar surface area (TPSA) is 64.3 Å². The van der Waals surface area contributed by atoms with Gasteiger partial charge < -0.3 is 28.7 Å². The molecule has 1 aliphatic rings. The zero-order valence-electron chi connectivity index (χ0n) is 13.6. The first kappa shape index (κ1) is 22.6. The number of carbonyl (C=O) groups excluding carboxylic acids is 1. The molecule has 0 heterocycles. The Morgan fingerprint density at radius 2 is 2.00 bits per heavy atom. The summed E-state index contributed by atoms with van der Waals surface area (Å²) in [7, 11) is 0. The van der Waals surface area contributed by atoms with Crippen LogP contribution in [0.4, 0.5) is 12.9 Å². The molecule has 0 aromatic carbocycles. The third-order valence-electron chi connectivity index (χ3n) is 3.72. The number of hydrogen-bond donors (Lipinski definition) is 2. The van der Waals surface area contributed by atoms with E-state index in [1.54, 1.807) is 0 Å². The van der Waals surface area contributed by atoms with Gasteiger partial charge in [0.25, 0.3) is 0 Å². The Morgan fingerprint density at radius 3 is 2.41 bits per heavy atom. The van der Waals surface area contributed by atoms with Gasteiger partial charge >= 0.3 is 58.4 Å². The van der Waals surface area contributed by atoms with E-state index in [9.17, 15) is 17.7 Å². The van der Waals surface area contributed by atoms with Crippen LogP contribution in [0.2, 0.25) is 0 Å². The van der Waals surface area contributed by atoms with E-state index in [-0.39, 0.29) is 69.8 Å². The molecular weight excluding hydrogens is 323 g/mol. The second kappa shape index (κ2) is 9.81. The molecule has 0 aromatic rings. The number of ether oxygens (including phenoxy) is 1. The van der Waals surface area contributed by atoms with Gasteiger partial charge in [-0.1, -0.05) is 19.9 Å². The van der Waals surface area contributed by atoms with Crippen molar-refractivity contribution in [3.8, 4) is 0 Å². The summed E-state index contributed by atoms with van der Waals surface area (Å²) in [6.45, 7) is 0.0402. The van der Waals surface area contributed by atoms with E-state index in [4.69, 9.17) is 10.5 Å². The second-order valence-corrected chi connectivity index (χ2v) is 5.45. The minimum absolute atomic E-state index is 0. The molecule has 1 aliphatic carbocycles. The second-order valence-electron chi connectivity index (χ2n) is 5.45. The summed E-state index contributed by atoms with van der Waals surface area (Å²) in [5.41, 5.74) is 5.21. The van der Waals surface area contributed by atoms with Crippen LogP contribution in [-0.2, 0) is 9.53 Å². The molecule has 0 spiro atoms. The van der Waals surface area contributed by atoms with Crippen molar-refractivity contribution < 1.29 is 73.9 Å². The van der Waals surface area contributed by atoms with Crippen LogP contribution in [0.25, 0.3) is 0 Å². The maximum Gasteiger partial charge on any atom is 1.00 e. The molecule has 22 heavy (non-hydrogen) atoms. The van der Waals surface area contributed by atoms with Crippen molar-refractivity contribution in [2.45, 2.75) is 64.3 Å². The van der Waals surface area contributed by atoms with E-state index in [1.807, 2.05) is 13.8 Å². The van der Waals surface area contributed by atoms with Gasteiger partial charge in [-0.25, -0.2) is 0 Å². The zero-order chi connectivity index (χ0) is 16.2. The van der Waals surface area contributed by atoms with E-state index >= 15 is 0 Å². The summed E-state index contributed by atoms with van der Waals surface area (Å²) in [5, 5.41) is 2.61. The van der Waals surface area contributed by atoms with Gasteiger partial charge in [-0.2, -0.15) is 0 Å². The largest absolute Gasteiger partial charge is 1.00 e. The van der Waals surface area contributed by atoms with Crippen molar-refractivity contribution in [1.82, 2.24) is 5.32 Å². The molecule has 9 heteroatoms. The molecule has 0 saturated carbocycles. The Balaban J connectivity index is 0.00000441. The molecule has 4 nitrogen and oxygen atoms in total. The molecule has 0 aliphatic heterocycles. The Bertz CT molecular complexity index is 403. The van der Waals surface area contributed by atoms with Gasteiger partial charge in [0.1, 0.15) is 0 Å². The van der Waals surface area contributed by atoms with E-state index < -0.39 is 30.6 Å². The number of nitrogens with two attached hydrogens (primary N) is 1. The van der Waals surface area contributed by atoms with Crippen LogP contribution in [0, 0.1) is 0 Å². The first-order valence-electron chi connectivity index (χ1n) is 7.27. The molecule has 0 bridgehead atoms. The Labute approximate surface area is 172 Å². The molecule has 3 N–H and O–H groups in total. The Morgan fingerprint density at radius 1 is 1.45 bits per heavy atom. The third-order valence-corrected chi connectivity index (χ3v) is 3.72. The first-order chi connectivity index (χ1) is 9.68. The summed E-state index contributed by atoms with van der Waals surface area (Å²) in [5.74, 6) is -0.331. The fraction of sp³-hybridized carbons (Fsp3) is 0.769. The summed E-state index contributed by atoms with van der Waals surface area (Å²) in [4.78, 5) is 11.2. The zero-order valence-corrected chi connectivity index (χ0v) is 16.7. The van der Waals surface area contributed by atoms with Crippen LogP contribution in [0.15, 0.2) is 11.5 Å². The number of nitrogens with one attached hydrogen (secondary N) is 1. The average Bonchev–Trinajstić information content (AvgIpc) is 2.37. The maximum atomic E-state index is 13.0. The first-order valence-corrected chi connectivity index (χ1v) is 7.27. The van der Waals surface area contributed by atoms with Gasteiger partial charge in [0.2, 0.25) is 5.91 Å². The van der Waals surface area contributed by atoms with Gasteiger partial charge in [0.15, 0.2) is 0 Å². The molecule has 0 unspecified atom stereocenters. The van der Waals surface area contributed by atoms with Gasteiger partial charge in [0, 0.05) is 13.0 Å². The normalized spacial score (nSPS) is 25.5. The van der Waals surface area contributed by atoms with Crippen LogP contribution in [-0.4, -0.2) is 37.2 Å². The molecule has 1 rings (SSSR count). The van der Waals surface area contributed by atoms with Gasteiger partial charge in [0.05, 0.1) is 18.2 Å². The number of amides is 1. The summed E-state index contributed by atoms with van der Waals surface area (Å²) in [6, 6.07) is -1.44. The predicted molar refractivity (Wildman–Crippen MR) is 76.6 cm³/mol. The number of carbonyl (C=O) groups is 1. The fourth-order valence-corrected chi connectivity index (χ4v) is 2.52. The SMILES string of the molecule is CCC(CC)O[C@@H]1C=C([B-](F)(F)F)C[C@H](N)[C@H]1NC(C)=O.[K+]. The van der Waals surface area contributed by atoms with E-state index in [1.165, 1.54) is 6.92 Å². The molecule has 1 amide bonds. The Hall–Kier alpha value is 0.621. The van der Waals surface area contributed by atoms with Crippen molar-refractivity contribution in [2.24, 2.45) is 5.73 Å². The van der Waals surface area contributed by atoms with E-state index in [0.717, 1.165) is 6.08 Å². The van der Waals surface area contributed by atoms with Crippen LogP contribution in [0.3, 0.4) is 0 Å². The number of rotatable bonds is 6. The van der Waals surface area contributed by atoms with Crippen molar-refractivity contribution in [2.75, 3.05) is 0 Å².